The molecule has 4 fully saturated rings. The normalized spacial score (nSPS) is 22.2. The molecule has 3 heterocycles. The number of nitrogens with zero attached hydrogens (tertiary/aromatic N) is 4. The monoisotopic (exact) mass is 710 g/mol. The Kier molecular flexibility index (Phi) is 11.2. The Morgan fingerprint density at radius 2 is 1.77 bits per heavy atom. The summed E-state index contributed by atoms with van der Waals surface area (Å²) in [5, 5.41) is 16.8. The van der Waals surface area contributed by atoms with Crippen LogP contribution in [0.5, 0.6) is 0 Å². The summed E-state index contributed by atoms with van der Waals surface area (Å²) in [4.78, 5) is 50.6. The molecule has 0 spiro atoms. The van der Waals surface area contributed by atoms with Gasteiger partial charge in [-0.05, 0) is 92.0 Å². The lowest BCUT2D eigenvalue weighted by molar-refractivity contribution is -0.138. The lowest BCUT2D eigenvalue weighted by Crippen LogP contribution is -2.49. The average molecular weight is 711 g/mol. The molecule has 10 nitrogen and oxygen atoms in total. The van der Waals surface area contributed by atoms with Gasteiger partial charge in [0.25, 0.3) is 5.91 Å². The number of carbonyl (C=O) groups is 3. The number of aromatic nitrogens is 1. The number of rotatable bonds is 11. The SMILES string of the molecule is C[C@H](NC(=O)[C@@H]1C[C@@H](O)CN1C(=O)CNC(=O)c1ccc2cc(F)ccc2n1)c1ccc(N2CCN(CC3CCCCC3)CC2)cc1/C=C/C1CC1. The molecule has 3 atom stereocenters. The summed E-state index contributed by atoms with van der Waals surface area (Å²) >= 11 is 0. The average Bonchev–Trinajstić information content (AvgIpc) is 3.91. The van der Waals surface area contributed by atoms with Crippen LogP contribution in [0.25, 0.3) is 17.0 Å². The zero-order valence-electron chi connectivity index (χ0n) is 30.1. The van der Waals surface area contributed by atoms with Gasteiger partial charge in [-0.15, -0.1) is 0 Å². The number of likely N-dealkylation sites (tertiary alicyclic amines) is 1. The lowest BCUT2D eigenvalue weighted by Gasteiger charge is -2.38. The third kappa shape index (κ3) is 8.81. The van der Waals surface area contributed by atoms with Crippen molar-refractivity contribution in [2.24, 2.45) is 11.8 Å². The molecule has 0 radical (unpaired) electrons. The molecule has 276 valence electrons. The van der Waals surface area contributed by atoms with E-state index in [9.17, 15) is 23.9 Å². The summed E-state index contributed by atoms with van der Waals surface area (Å²) in [5.74, 6) is -0.329. The molecule has 3 aromatic rings. The van der Waals surface area contributed by atoms with Gasteiger partial charge in [-0.3, -0.25) is 19.3 Å². The molecular weight excluding hydrogens is 659 g/mol. The van der Waals surface area contributed by atoms with Crippen LogP contribution in [0.3, 0.4) is 0 Å². The quantitative estimate of drug-likeness (QED) is 0.255. The minimum Gasteiger partial charge on any atom is -0.391 e. The zero-order valence-corrected chi connectivity index (χ0v) is 30.1. The highest BCUT2D eigenvalue weighted by molar-refractivity contribution is 5.97. The number of allylic oxidation sites excluding steroid dienone is 1. The Morgan fingerprint density at radius 3 is 2.54 bits per heavy atom. The van der Waals surface area contributed by atoms with Gasteiger partial charge >= 0.3 is 0 Å². The van der Waals surface area contributed by atoms with Crippen LogP contribution in [-0.4, -0.2) is 95.6 Å². The molecule has 2 saturated carbocycles. The molecule has 2 aromatic carbocycles. The number of fused-ring (bicyclic) bond motifs is 1. The van der Waals surface area contributed by atoms with Crippen LogP contribution in [0.1, 0.15) is 85.9 Å². The number of β-amino-alcohol motifs (C(OH)–C–C–N with tert-alkyl or cyclic N) is 1. The molecular formula is C41H51FN6O4. The Morgan fingerprint density at radius 1 is 0.981 bits per heavy atom. The van der Waals surface area contributed by atoms with Gasteiger partial charge in [0, 0.05) is 56.8 Å². The molecule has 52 heavy (non-hydrogen) atoms. The highest BCUT2D eigenvalue weighted by Crippen LogP contribution is 2.33. The summed E-state index contributed by atoms with van der Waals surface area (Å²) < 4.78 is 13.5. The second-order valence-electron chi connectivity index (χ2n) is 15.2. The van der Waals surface area contributed by atoms with Crippen LogP contribution in [0.15, 0.2) is 54.6 Å². The number of pyridine rings is 1. The fraction of sp³-hybridized carbons (Fsp3) is 0.512. The maximum atomic E-state index is 13.7. The number of piperazine rings is 1. The summed E-state index contributed by atoms with van der Waals surface area (Å²) in [6, 6.07) is 12.5. The number of aliphatic hydroxyl groups is 1. The first kappa shape index (κ1) is 36.0. The Labute approximate surface area is 305 Å². The molecule has 7 rings (SSSR count). The van der Waals surface area contributed by atoms with Crippen molar-refractivity contribution in [2.75, 3.05) is 50.7 Å². The van der Waals surface area contributed by atoms with Gasteiger partial charge in [-0.25, -0.2) is 9.37 Å². The number of amides is 3. The van der Waals surface area contributed by atoms with Crippen molar-refractivity contribution in [1.82, 2.24) is 25.4 Å². The van der Waals surface area contributed by atoms with Crippen molar-refractivity contribution in [1.29, 1.82) is 0 Å². The van der Waals surface area contributed by atoms with Crippen LogP contribution in [0, 0.1) is 17.7 Å². The molecule has 2 aliphatic carbocycles. The number of hydrogen-bond acceptors (Lipinski definition) is 7. The van der Waals surface area contributed by atoms with E-state index in [0.717, 1.165) is 43.2 Å². The maximum Gasteiger partial charge on any atom is 0.270 e. The van der Waals surface area contributed by atoms with E-state index in [-0.39, 0.29) is 37.2 Å². The summed E-state index contributed by atoms with van der Waals surface area (Å²) in [7, 11) is 0. The molecule has 11 heteroatoms. The third-order valence-corrected chi connectivity index (χ3v) is 11.2. The van der Waals surface area contributed by atoms with Gasteiger partial charge in [0.15, 0.2) is 0 Å². The van der Waals surface area contributed by atoms with Crippen molar-refractivity contribution >= 4 is 40.4 Å². The van der Waals surface area contributed by atoms with Crippen LogP contribution in [0.2, 0.25) is 0 Å². The van der Waals surface area contributed by atoms with Crippen molar-refractivity contribution < 1.29 is 23.9 Å². The Bertz CT molecular complexity index is 1800. The predicted octanol–water partition coefficient (Wildman–Crippen LogP) is 5.07. The van der Waals surface area contributed by atoms with Crippen LogP contribution < -0.4 is 15.5 Å². The lowest BCUT2D eigenvalue weighted by atomic mass is 9.89. The molecule has 3 N–H and O–H groups in total. The van der Waals surface area contributed by atoms with Crippen LogP contribution in [0.4, 0.5) is 10.1 Å². The fourth-order valence-corrected chi connectivity index (χ4v) is 8.05. The van der Waals surface area contributed by atoms with Gasteiger partial charge < -0.3 is 25.5 Å². The maximum absolute atomic E-state index is 13.7. The fourth-order valence-electron chi connectivity index (χ4n) is 8.05. The van der Waals surface area contributed by atoms with E-state index in [1.54, 1.807) is 6.07 Å². The predicted molar refractivity (Wildman–Crippen MR) is 200 cm³/mol. The minimum atomic E-state index is -0.870. The van der Waals surface area contributed by atoms with Crippen molar-refractivity contribution in [2.45, 2.75) is 76.5 Å². The first-order valence-corrected chi connectivity index (χ1v) is 19.1. The number of aliphatic hydroxyl groups excluding tert-OH is 1. The summed E-state index contributed by atoms with van der Waals surface area (Å²) in [6.45, 7) is 6.96. The number of anilines is 1. The van der Waals surface area contributed by atoms with E-state index in [1.165, 1.54) is 86.3 Å². The highest BCUT2D eigenvalue weighted by Gasteiger charge is 2.39. The molecule has 0 unspecified atom stereocenters. The van der Waals surface area contributed by atoms with E-state index in [1.807, 2.05) is 6.92 Å². The van der Waals surface area contributed by atoms with Gasteiger partial charge in [0.1, 0.15) is 17.6 Å². The standard InChI is InChI=1S/C41H51FN6O4/c1-27(35-14-13-33(22-30(35)10-9-28-7-8-28)47-19-17-46(18-20-47)25-29-5-3-2-4-6-29)44-41(52)38-23-34(49)26-48(38)39(50)24-43-40(51)37-15-11-31-21-32(42)12-16-36(31)45-37/h9-16,21-22,27-29,34,38,49H,2-8,17-20,23-26H2,1H3,(H,43,51)(H,44,52)/b10-9+/t27-,34+,38-/m0/s1. The summed E-state index contributed by atoms with van der Waals surface area (Å²) in [5.41, 5.74) is 3.82. The number of carbonyl (C=O) groups excluding carboxylic acids is 3. The van der Waals surface area contributed by atoms with E-state index in [2.05, 4.69) is 55.8 Å². The largest absolute Gasteiger partial charge is 0.391 e. The van der Waals surface area contributed by atoms with Crippen molar-refractivity contribution in [3.63, 3.8) is 0 Å². The Balaban J connectivity index is 0.969. The van der Waals surface area contributed by atoms with E-state index in [4.69, 9.17) is 0 Å². The van der Waals surface area contributed by atoms with Gasteiger partial charge in [-0.1, -0.05) is 43.5 Å². The molecule has 3 amide bonds. The van der Waals surface area contributed by atoms with E-state index in [0.29, 0.717) is 16.8 Å². The number of hydrogen-bond donors (Lipinski definition) is 3. The molecule has 2 aliphatic heterocycles. The molecule has 2 saturated heterocycles. The van der Waals surface area contributed by atoms with Crippen LogP contribution in [-0.2, 0) is 9.59 Å². The van der Waals surface area contributed by atoms with Crippen molar-refractivity contribution in [3.05, 3.63) is 77.2 Å². The van der Waals surface area contributed by atoms with Crippen LogP contribution >= 0.6 is 0 Å². The second kappa shape index (κ2) is 16.1. The topological polar surface area (TPSA) is 118 Å². The summed E-state index contributed by atoms with van der Waals surface area (Å²) in [6.07, 6.45) is 13.0. The van der Waals surface area contributed by atoms with Gasteiger partial charge in [0.05, 0.1) is 24.2 Å². The van der Waals surface area contributed by atoms with E-state index < -0.39 is 29.8 Å². The van der Waals surface area contributed by atoms with E-state index >= 15 is 0 Å². The Hall–Kier alpha value is -4.35. The van der Waals surface area contributed by atoms with Gasteiger partial charge in [-0.2, -0.15) is 0 Å². The zero-order chi connectivity index (χ0) is 36.2. The molecule has 0 bridgehead atoms. The molecule has 1 aromatic heterocycles. The number of benzene rings is 2. The third-order valence-electron chi connectivity index (χ3n) is 11.2. The number of halogens is 1. The minimum absolute atomic E-state index is 0.00104. The van der Waals surface area contributed by atoms with Gasteiger partial charge in [0.2, 0.25) is 11.8 Å². The second-order valence-corrected chi connectivity index (χ2v) is 15.2. The smallest absolute Gasteiger partial charge is 0.270 e. The van der Waals surface area contributed by atoms with Crippen molar-refractivity contribution in [3.8, 4) is 0 Å². The number of nitrogens with one attached hydrogen (secondary N) is 2. The highest BCUT2D eigenvalue weighted by atomic mass is 19.1. The first-order valence-electron chi connectivity index (χ1n) is 19.1. The first-order chi connectivity index (χ1) is 25.2. The molecule has 4 aliphatic rings.